The number of Topliss-reactive ketones (excluding diaryl/α,β-unsaturated/α-hetero) is 4. The Morgan fingerprint density at radius 1 is 0.380 bits per heavy atom. The van der Waals surface area contributed by atoms with E-state index in [0.29, 0.717) is 108 Å². The van der Waals surface area contributed by atoms with Gasteiger partial charge in [0.05, 0.1) is 92.5 Å². The fourth-order valence-corrected chi connectivity index (χ4v) is 27.4. The predicted molar refractivity (Wildman–Crippen MR) is 532 cm³/mol. The van der Waals surface area contributed by atoms with Crippen LogP contribution in [-0.4, -0.2) is 176 Å². The number of halogens is 9. The Balaban J connectivity index is 0.000000131. The molecule has 4 N–H and O–H groups in total. The molecule has 0 amide bonds. The molecule has 0 spiro atoms. The van der Waals surface area contributed by atoms with Gasteiger partial charge < -0.3 is 18.3 Å². The van der Waals surface area contributed by atoms with Gasteiger partial charge in [-0.05, 0) is 210 Å². The molecule has 748 valence electrons. The number of aryl methyl sites for hydroxylation is 4. The number of fused-ring (bicyclic) bond motifs is 6. The summed E-state index contributed by atoms with van der Waals surface area (Å²) in [7, 11) is -23.4. The summed E-state index contributed by atoms with van der Waals surface area (Å²) in [6.45, 7) is 10.2. The first-order chi connectivity index (χ1) is 67.2. The Bertz CT molecular complexity index is 8350. The maximum Gasteiger partial charge on any atom is 0.301 e. The second-order valence-electron chi connectivity index (χ2n) is 35.7. The molecule has 0 unspecified atom stereocenters. The molecule has 2 saturated carbocycles. The molecule has 0 radical (unpaired) electrons. The third-order valence-electron chi connectivity index (χ3n) is 25.7. The summed E-state index contributed by atoms with van der Waals surface area (Å²) in [5.74, 6) is -8.53. The third kappa shape index (κ3) is 20.4. The number of carbonyl (C=O) groups excluding carboxylic acids is 4. The zero-order valence-electron chi connectivity index (χ0n) is 77.2. The standard InChI is InChI=1S/C28H29ClN4O5S2.C24H22ClFN4O3S.C24H24F3N3O5S2.C21H20F3N3O3S/c1-2-18-8-11-24-22(14-18)26(33-13-5-12-30-40(33,37)38)27(25(34)17-39(35,36)21-9-10-21)32(24)16-20-15-19-6-3-4-7-23(19)31-28(20)29;1-14-10-18-21(12-19(14)26)29(13-17-11-16-6-3-4-7-20(16)28-24(17)25)22(15(2)31)23(18)30-9-5-8-27-34(30,32)33;1-14-9-18-21(11-20(14)27)29(12-15-10-16(25)3-6-19(15)26)24(22(31)13-36(32,33)17-4-5-17)23(18)30-8-2-7-28-37(30,34)35;1-12-8-16-19(10-18(12)24)26(11-14-9-15(22)4-5-17(14)23)20(13(2)28)21(16)27-7-3-6-25-31(27,29)30/h3-4,6-8,11,14-15,21,30H,2,5,9-10,12-13,16-17H2,1H3;3-4,6-7,10-12,27H,5,8-9,13H2,1-2H3;3,6,9-11,17,28H,2,4-5,7-8,12-13H2,1H3;4-5,8-10,25H,3,6-7,11H2,1-2H3. The van der Waals surface area contributed by atoms with Crippen LogP contribution in [-0.2, 0) is 93.1 Å². The topological polar surface area (TPSA) is 380 Å². The number of pyridine rings is 2. The smallest absolute Gasteiger partial charge is 0.301 e. The lowest BCUT2D eigenvalue weighted by Gasteiger charge is -2.29. The number of sulfone groups is 2. The molecule has 0 atom stereocenters. The van der Waals surface area contributed by atoms with Gasteiger partial charge >= 0.3 is 40.8 Å². The van der Waals surface area contributed by atoms with Crippen LogP contribution in [0.25, 0.3) is 65.4 Å². The summed E-state index contributed by atoms with van der Waals surface area (Å²) in [4.78, 5) is 62.3. The van der Waals surface area contributed by atoms with Crippen molar-refractivity contribution in [3.63, 3.8) is 0 Å². The van der Waals surface area contributed by atoms with E-state index in [2.05, 4.69) is 28.9 Å². The van der Waals surface area contributed by atoms with Gasteiger partial charge in [-0.2, -0.15) is 52.6 Å². The molecule has 4 saturated heterocycles. The highest BCUT2D eigenvalue weighted by molar-refractivity contribution is 7.93. The number of hydrogen-bond acceptors (Lipinski definition) is 18. The average molecular weight is 2110 g/mol. The van der Waals surface area contributed by atoms with Gasteiger partial charge in [0, 0.05) is 121 Å². The first-order valence-electron chi connectivity index (χ1n) is 45.4. The van der Waals surface area contributed by atoms with Crippen molar-refractivity contribution >= 4 is 195 Å². The summed E-state index contributed by atoms with van der Waals surface area (Å²) in [6, 6.07) is 38.2. The van der Waals surface area contributed by atoms with Crippen molar-refractivity contribution in [3.8, 4) is 0 Å². The normalized spacial score (nSPS) is 16.9. The van der Waals surface area contributed by atoms with Crippen LogP contribution < -0.4 is 36.1 Å². The summed E-state index contributed by atoms with van der Waals surface area (Å²) in [6.07, 6.45) is 4.62. The van der Waals surface area contributed by atoms with Crippen LogP contribution in [0.4, 0.5) is 53.5 Å². The van der Waals surface area contributed by atoms with Gasteiger partial charge in [-0.1, -0.05) is 72.6 Å². The second kappa shape index (κ2) is 39.8. The van der Waals surface area contributed by atoms with Gasteiger partial charge in [-0.15, -0.1) is 0 Å². The predicted octanol–water partition coefficient (Wildman–Crippen LogP) is 15.7. The number of nitrogens with zero attached hydrogens (tertiary/aromatic N) is 10. The fraction of sp³-hybridized carbons (Fsp3) is 0.320. The SMILES string of the molecule is CC(=O)c1c(N2CCCNS2(=O)=O)c2cc(C)c(F)cc2n1Cc1cc(F)ccc1F.CC(=O)c1c(N2CCCNS2(=O)=O)c2cc(C)c(F)cc2n1Cc1cc2ccccc2nc1Cl.CCc1ccc2c(c1)c(N1CCCNS1(=O)=O)c(C(=O)CS(=O)(=O)C1CC1)n2Cc1cc2ccccc2nc1Cl.Cc1cc2c(N3CCCNS3(=O)=O)c(C(=O)CS(=O)(=O)C3CC3)n(Cc3cc(F)ccc3F)c2cc1F. The van der Waals surface area contributed by atoms with Gasteiger partial charge in [-0.3, -0.25) is 36.4 Å². The monoisotopic (exact) mass is 2110 g/mol. The van der Waals surface area contributed by atoms with E-state index in [0.717, 1.165) is 78.4 Å². The van der Waals surface area contributed by atoms with Crippen molar-refractivity contribution in [1.82, 2.24) is 47.1 Å². The first kappa shape index (κ1) is 102. The van der Waals surface area contributed by atoms with E-state index in [1.165, 1.54) is 69.7 Å². The summed E-state index contributed by atoms with van der Waals surface area (Å²) in [5, 5.41) is 2.64. The lowest BCUT2D eigenvalue weighted by molar-refractivity contribution is 0.0997. The average Bonchev–Trinajstić information content (AvgIpc) is 1.58. The largest absolute Gasteiger partial charge is 0.332 e. The summed E-state index contributed by atoms with van der Waals surface area (Å²) < 4.78 is 276. The molecule has 4 aliphatic heterocycles. The lowest BCUT2D eigenvalue weighted by atomic mass is 10.1. The number of para-hydroxylation sites is 2. The molecule has 10 heterocycles. The molecule has 45 heteroatoms. The van der Waals surface area contributed by atoms with Gasteiger partial charge in [0.2, 0.25) is 0 Å². The van der Waals surface area contributed by atoms with Crippen LogP contribution in [0.15, 0.2) is 152 Å². The Labute approximate surface area is 823 Å². The van der Waals surface area contributed by atoms with Crippen molar-refractivity contribution in [2.24, 2.45) is 0 Å². The van der Waals surface area contributed by atoms with Crippen LogP contribution in [0, 0.1) is 61.5 Å². The molecule has 6 aliphatic rings. The molecular weight excluding hydrogens is 2010 g/mol. The fourth-order valence-electron chi connectivity index (χ4n) is 18.4. The molecule has 8 aromatic carbocycles. The molecule has 142 heavy (non-hydrogen) atoms. The highest BCUT2D eigenvalue weighted by Gasteiger charge is 2.45. The van der Waals surface area contributed by atoms with Crippen LogP contribution in [0.3, 0.4) is 0 Å². The number of hydrogen-bond donors (Lipinski definition) is 4. The summed E-state index contributed by atoms with van der Waals surface area (Å²) in [5.41, 5.74) is 5.86. The van der Waals surface area contributed by atoms with Gasteiger partial charge in [0.15, 0.2) is 42.8 Å². The Hall–Kier alpha value is -11.8. The zero-order chi connectivity index (χ0) is 102. The Morgan fingerprint density at radius 3 is 1.01 bits per heavy atom. The van der Waals surface area contributed by atoms with Gasteiger partial charge in [0.1, 0.15) is 85.3 Å². The zero-order valence-corrected chi connectivity index (χ0v) is 83.6. The summed E-state index contributed by atoms with van der Waals surface area (Å²) >= 11 is 13.1. The molecule has 14 aromatic rings. The van der Waals surface area contributed by atoms with E-state index in [1.807, 2.05) is 85.8 Å². The first-order valence-corrected chi connectivity index (χ1v) is 55.4. The molecule has 6 fully saturated rings. The minimum Gasteiger partial charge on any atom is -0.332 e. The van der Waals surface area contributed by atoms with E-state index in [-0.39, 0.29) is 166 Å². The van der Waals surface area contributed by atoms with E-state index >= 15 is 0 Å². The van der Waals surface area contributed by atoms with Crippen molar-refractivity contribution in [2.75, 3.05) is 81.1 Å². The van der Waals surface area contributed by atoms with E-state index < -0.39 is 147 Å². The van der Waals surface area contributed by atoms with Crippen LogP contribution in [0.2, 0.25) is 10.3 Å². The molecule has 2 aliphatic carbocycles. The number of benzene rings is 8. The van der Waals surface area contributed by atoms with Crippen LogP contribution >= 0.6 is 23.2 Å². The van der Waals surface area contributed by atoms with Gasteiger partial charge in [0.25, 0.3) is 0 Å². The molecule has 6 aromatic heterocycles. The molecule has 0 bridgehead atoms. The van der Waals surface area contributed by atoms with Crippen molar-refractivity contribution < 1.29 is 100 Å². The van der Waals surface area contributed by atoms with E-state index in [1.54, 1.807) is 22.1 Å². The minimum atomic E-state index is -4.13. The van der Waals surface area contributed by atoms with E-state index in [4.69, 9.17) is 23.2 Å². The number of anilines is 4. The molecule has 20 rings (SSSR count). The highest BCUT2D eigenvalue weighted by Crippen LogP contribution is 2.46. The second-order valence-corrected chi connectivity index (χ2v) is 47.7. The number of rotatable bonds is 23. The Morgan fingerprint density at radius 2 is 0.690 bits per heavy atom. The third-order valence-corrected chi connectivity index (χ3v) is 36.7. The maximum absolute atomic E-state index is 14.8. The number of carbonyl (C=O) groups is 4. The van der Waals surface area contributed by atoms with E-state index in [9.17, 15) is 100 Å². The maximum atomic E-state index is 14.8. The van der Waals surface area contributed by atoms with Crippen LogP contribution in [0.5, 0.6) is 0 Å². The number of nitrogens with one attached hydrogen (secondary N) is 4. The van der Waals surface area contributed by atoms with Gasteiger partial charge in [-0.25, -0.2) is 57.5 Å². The molecule has 30 nitrogen and oxygen atoms in total. The minimum absolute atomic E-state index is 0.0177. The number of ketones is 4. The van der Waals surface area contributed by atoms with Crippen molar-refractivity contribution in [3.05, 3.63) is 270 Å². The quantitative estimate of drug-likeness (QED) is 0.0262. The van der Waals surface area contributed by atoms with Crippen LogP contribution in [0.1, 0.15) is 159 Å². The molecular formula is C97H95Cl2F7N14O16S6. The van der Waals surface area contributed by atoms with Crippen molar-refractivity contribution in [2.45, 2.75) is 136 Å². The highest BCUT2D eigenvalue weighted by atomic mass is 35.5. The Kier molecular flexibility index (Phi) is 28.5. The lowest BCUT2D eigenvalue weighted by Crippen LogP contribution is -2.47. The number of aromatic nitrogens is 6. The van der Waals surface area contributed by atoms with Crippen molar-refractivity contribution in [1.29, 1.82) is 0 Å².